The highest BCUT2D eigenvalue weighted by Gasteiger charge is 2.30. The number of hydrogen-bond acceptors (Lipinski definition) is 7. The standard InChI is InChI=1S/C22H26N4O2S.2ClH/c1-27-25-18-7-3-4-15-16(18)5-2-6-17(15)21-12-19(26-28-21)20-13-29-22(24-20)14-8-10-23-11-9-14;;/h2,5-6,13-14,21,23H,3-4,7-12H2,1H3;2*1H. The monoisotopic (exact) mass is 482 g/mol. The molecule has 1 saturated heterocycles. The average molecular weight is 483 g/mol. The number of rotatable bonds is 4. The Morgan fingerprint density at radius 3 is 2.84 bits per heavy atom. The van der Waals surface area contributed by atoms with E-state index in [-0.39, 0.29) is 30.9 Å². The Morgan fingerprint density at radius 2 is 2.03 bits per heavy atom. The zero-order chi connectivity index (χ0) is 19.6. The van der Waals surface area contributed by atoms with Crippen LogP contribution in [-0.2, 0) is 16.1 Å². The molecule has 0 saturated carbocycles. The normalized spacial score (nSPS) is 22.0. The predicted molar refractivity (Wildman–Crippen MR) is 129 cm³/mol. The molecule has 1 atom stereocenters. The second kappa shape index (κ2) is 10.8. The first-order chi connectivity index (χ1) is 14.3. The SMILES string of the molecule is CON=C1CCCc2c1cccc2C1CC(c2csc(C3CCNCC3)n2)=NO1.Cl.Cl. The molecule has 0 spiro atoms. The van der Waals surface area contributed by atoms with Gasteiger partial charge in [-0.3, -0.25) is 0 Å². The van der Waals surface area contributed by atoms with Crippen LogP contribution in [0, 0.1) is 0 Å². The predicted octanol–water partition coefficient (Wildman–Crippen LogP) is 5.01. The number of fused-ring (bicyclic) bond motifs is 1. The largest absolute Gasteiger partial charge is 0.399 e. The van der Waals surface area contributed by atoms with E-state index in [9.17, 15) is 0 Å². The molecule has 0 bridgehead atoms. The Morgan fingerprint density at radius 1 is 1.19 bits per heavy atom. The third-order valence-corrected chi connectivity index (χ3v) is 7.09. The van der Waals surface area contributed by atoms with Crippen LogP contribution in [-0.4, -0.2) is 36.6 Å². The van der Waals surface area contributed by atoms with Crippen molar-refractivity contribution in [3.63, 3.8) is 0 Å². The smallest absolute Gasteiger partial charge is 0.158 e. The fourth-order valence-corrected chi connectivity index (χ4v) is 5.60. The van der Waals surface area contributed by atoms with Crippen molar-refractivity contribution < 1.29 is 9.68 Å². The van der Waals surface area contributed by atoms with Gasteiger partial charge in [-0.2, -0.15) is 0 Å². The molecule has 1 aromatic heterocycles. The molecule has 1 aromatic carbocycles. The van der Waals surface area contributed by atoms with Gasteiger partial charge in [0.05, 0.1) is 16.4 Å². The molecule has 0 radical (unpaired) electrons. The van der Waals surface area contributed by atoms with Crippen molar-refractivity contribution in [1.82, 2.24) is 10.3 Å². The van der Waals surface area contributed by atoms with Crippen molar-refractivity contribution >= 4 is 47.6 Å². The van der Waals surface area contributed by atoms with Gasteiger partial charge in [0.15, 0.2) is 6.10 Å². The summed E-state index contributed by atoms with van der Waals surface area (Å²) < 4.78 is 0. The van der Waals surface area contributed by atoms with E-state index in [2.05, 4.69) is 39.2 Å². The van der Waals surface area contributed by atoms with Crippen LogP contribution in [0.3, 0.4) is 0 Å². The summed E-state index contributed by atoms with van der Waals surface area (Å²) in [5.41, 5.74) is 6.71. The van der Waals surface area contributed by atoms with Gasteiger partial charge in [0, 0.05) is 23.3 Å². The van der Waals surface area contributed by atoms with Crippen LogP contribution in [0.2, 0.25) is 0 Å². The third kappa shape index (κ3) is 4.90. The van der Waals surface area contributed by atoms with Gasteiger partial charge in [-0.15, -0.1) is 36.2 Å². The van der Waals surface area contributed by atoms with E-state index in [1.807, 2.05) is 0 Å². The summed E-state index contributed by atoms with van der Waals surface area (Å²) in [4.78, 5) is 15.9. The number of thiazole rings is 1. The molecule has 3 aliphatic rings. The molecule has 2 aromatic rings. The van der Waals surface area contributed by atoms with E-state index in [4.69, 9.17) is 14.7 Å². The zero-order valence-corrected chi connectivity index (χ0v) is 20.0. The van der Waals surface area contributed by atoms with Crippen LogP contribution in [0.5, 0.6) is 0 Å². The summed E-state index contributed by atoms with van der Waals surface area (Å²) in [6, 6.07) is 6.39. The van der Waals surface area contributed by atoms with Crippen LogP contribution in [0.4, 0.5) is 0 Å². The topological polar surface area (TPSA) is 68.1 Å². The van der Waals surface area contributed by atoms with Gasteiger partial charge in [0.1, 0.15) is 12.8 Å². The van der Waals surface area contributed by atoms with Crippen molar-refractivity contribution in [2.75, 3.05) is 20.2 Å². The van der Waals surface area contributed by atoms with Gasteiger partial charge in [0.2, 0.25) is 0 Å². The lowest BCUT2D eigenvalue weighted by molar-refractivity contribution is 0.0850. The van der Waals surface area contributed by atoms with Gasteiger partial charge >= 0.3 is 0 Å². The number of hydrogen-bond donors (Lipinski definition) is 1. The highest BCUT2D eigenvalue weighted by Crippen LogP contribution is 2.36. The molecule has 1 aliphatic carbocycles. The van der Waals surface area contributed by atoms with E-state index in [1.54, 1.807) is 18.4 Å². The third-order valence-electron chi connectivity index (χ3n) is 6.09. The summed E-state index contributed by atoms with van der Waals surface area (Å²) in [5, 5.41) is 15.5. The molecule has 6 nitrogen and oxygen atoms in total. The maximum atomic E-state index is 5.89. The Labute approximate surface area is 199 Å². The number of nitrogens with one attached hydrogen (secondary N) is 1. The lowest BCUT2D eigenvalue weighted by Gasteiger charge is -2.22. The molecular formula is C22H28Cl2N4O2S. The minimum Gasteiger partial charge on any atom is -0.399 e. The Balaban J connectivity index is 0.00000136. The van der Waals surface area contributed by atoms with Gasteiger partial charge in [-0.25, -0.2) is 4.98 Å². The van der Waals surface area contributed by atoms with Crippen molar-refractivity contribution in [1.29, 1.82) is 0 Å². The minimum absolute atomic E-state index is 0. The summed E-state index contributed by atoms with van der Waals surface area (Å²) in [6.07, 6.45) is 6.13. The lowest BCUT2D eigenvalue weighted by atomic mass is 9.84. The van der Waals surface area contributed by atoms with E-state index >= 15 is 0 Å². The molecule has 3 heterocycles. The molecular weight excluding hydrogens is 455 g/mol. The average Bonchev–Trinajstić information content (AvgIpc) is 3.44. The molecule has 0 amide bonds. The van der Waals surface area contributed by atoms with Crippen molar-refractivity contribution in [3.8, 4) is 0 Å². The van der Waals surface area contributed by atoms with Gasteiger partial charge in [-0.05, 0) is 56.3 Å². The number of nitrogens with zero attached hydrogens (tertiary/aromatic N) is 3. The second-order valence-corrected chi connectivity index (χ2v) is 8.77. The van der Waals surface area contributed by atoms with Gasteiger partial charge in [0.25, 0.3) is 0 Å². The molecule has 1 fully saturated rings. The summed E-state index contributed by atoms with van der Waals surface area (Å²) >= 11 is 1.76. The van der Waals surface area contributed by atoms with Crippen LogP contribution in [0.1, 0.15) is 71.5 Å². The van der Waals surface area contributed by atoms with Crippen LogP contribution in [0.15, 0.2) is 33.9 Å². The minimum atomic E-state index is -0.0501. The van der Waals surface area contributed by atoms with Crippen LogP contribution >= 0.6 is 36.2 Å². The number of piperidine rings is 1. The van der Waals surface area contributed by atoms with Gasteiger partial charge in [-0.1, -0.05) is 28.5 Å². The highest BCUT2D eigenvalue weighted by atomic mass is 35.5. The fourth-order valence-electron chi connectivity index (χ4n) is 4.60. The first-order valence-corrected chi connectivity index (χ1v) is 11.3. The van der Waals surface area contributed by atoms with E-state index < -0.39 is 0 Å². The van der Waals surface area contributed by atoms with E-state index in [1.165, 1.54) is 34.5 Å². The van der Waals surface area contributed by atoms with Crippen molar-refractivity contribution in [2.24, 2.45) is 10.3 Å². The first kappa shape index (κ1) is 24.0. The number of aromatic nitrogens is 1. The molecule has 168 valence electrons. The quantitative estimate of drug-likeness (QED) is 0.621. The summed E-state index contributed by atoms with van der Waals surface area (Å²) in [5.74, 6) is 0.577. The van der Waals surface area contributed by atoms with Crippen molar-refractivity contribution in [3.05, 3.63) is 51.0 Å². The Hall–Kier alpha value is -1.67. The van der Waals surface area contributed by atoms with E-state index in [0.29, 0.717) is 5.92 Å². The van der Waals surface area contributed by atoms with Gasteiger partial charge < -0.3 is 15.0 Å². The highest BCUT2D eigenvalue weighted by molar-refractivity contribution is 7.10. The molecule has 9 heteroatoms. The molecule has 31 heavy (non-hydrogen) atoms. The molecule has 5 rings (SSSR count). The first-order valence-electron chi connectivity index (χ1n) is 10.4. The van der Waals surface area contributed by atoms with E-state index in [0.717, 1.165) is 55.9 Å². The number of benzene rings is 1. The second-order valence-electron chi connectivity index (χ2n) is 7.88. The molecule has 1 N–H and O–H groups in total. The number of halogens is 2. The Bertz CT molecular complexity index is 957. The lowest BCUT2D eigenvalue weighted by Crippen LogP contribution is -2.26. The molecule has 1 unspecified atom stereocenters. The fraction of sp³-hybridized carbons (Fsp3) is 0.500. The molecule has 2 aliphatic heterocycles. The summed E-state index contributed by atoms with van der Waals surface area (Å²) in [6.45, 7) is 2.17. The maximum Gasteiger partial charge on any atom is 0.158 e. The Kier molecular flexibility index (Phi) is 8.33. The van der Waals surface area contributed by atoms with Crippen LogP contribution < -0.4 is 5.32 Å². The van der Waals surface area contributed by atoms with Crippen molar-refractivity contribution in [2.45, 2.75) is 50.5 Å². The zero-order valence-electron chi connectivity index (χ0n) is 17.5. The number of oxime groups is 2. The maximum absolute atomic E-state index is 5.89. The summed E-state index contributed by atoms with van der Waals surface area (Å²) in [7, 11) is 1.61. The van der Waals surface area contributed by atoms with Crippen LogP contribution in [0.25, 0.3) is 0 Å².